The molecule has 2 bridgehead atoms. The molecule has 2 heterocycles. The van der Waals surface area contributed by atoms with Gasteiger partial charge in [-0.3, -0.25) is 9.59 Å². The van der Waals surface area contributed by atoms with Gasteiger partial charge in [-0.2, -0.15) is 0 Å². The van der Waals surface area contributed by atoms with Crippen molar-refractivity contribution < 1.29 is 14.7 Å². The van der Waals surface area contributed by atoms with Crippen LogP contribution in [0.25, 0.3) is 0 Å². The zero-order valence-corrected chi connectivity index (χ0v) is 11.7. The molecule has 0 aromatic carbocycles. The van der Waals surface area contributed by atoms with Gasteiger partial charge in [0.15, 0.2) is 0 Å². The number of amides is 1. The van der Waals surface area contributed by atoms with Crippen molar-refractivity contribution in [3.8, 4) is 0 Å². The number of aliphatic carboxylic acids is 1. The molecule has 0 saturated carbocycles. The lowest BCUT2D eigenvalue weighted by molar-refractivity contribution is -0.141. The van der Waals surface area contributed by atoms with Crippen molar-refractivity contribution in [2.24, 2.45) is 17.6 Å². The second-order valence-corrected chi connectivity index (χ2v) is 6.34. The number of carbonyl (C=O) groups is 2. The first-order valence-corrected chi connectivity index (χ1v) is 7.19. The highest BCUT2D eigenvalue weighted by Crippen LogP contribution is 2.40. The lowest BCUT2D eigenvalue weighted by Gasteiger charge is -2.40. The molecular weight excluding hydrogens is 244 g/mol. The molecule has 2 aliphatic heterocycles. The van der Waals surface area contributed by atoms with Gasteiger partial charge < -0.3 is 15.7 Å². The van der Waals surface area contributed by atoms with Gasteiger partial charge >= 0.3 is 5.97 Å². The number of carbonyl (C=O) groups excluding carboxylic acids is 1. The van der Waals surface area contributed by atoms with Crippen LogP contribution in [0, 0.1) is 11.8 Å². The van der Waals surface area contributed by atoms with Gasteiger partial charge in [0, 0.05) is 18.5 Å². The van der Waals surface area contributed by atoms with E-state index >= 15 is 0 Å². The summed E-state index contributed by atoms with van der Waals surface area (Å²) in [6.07, 6.45) is 3.86. The van der Waals surface area contributed by atoms with Crippen molar-refractivity contribution in [1.29, 1.82) is 0 Å². The van der Waals surface area contributed by atoms with Crippen LogP contribution >= 0.6 is 0 Å². The predicted molar refractivity (Wildman–Crippen MR) is 71.4 cm³/mol. The number of fused-ring (bicyclic) bond motifs is 2. The first-order chi connectivity index (χ1) is 8.90. The maximum absolute atomic E-state index is 12.4. The largest absolute Gasteiger partial charge is 0.481 e. The highest BCUT2D eigenvalue weighted by Gasteiger charge is 2.44. The molecule has 0 spiro atoms. The fraction of sp³-hybridized carbons (Fsp3) is 0.857. The summed E-state index contributed by atoms with van der Waals surface area (Å²) in [5.41, 5.74) is 5.97. The van der Waals surface area contributed by atoms with E-state index in [0.29, 0.717) is 0 Å². The predicted octanol–water partition coefficient (Wildman–Crippen LogP) is 1.21. The quantitative estimate of drug-likeness (QED) is 0.803. The Hall–Kier alpha value is -1.10. The second-order valence-electron chi connectivity index (χ2n) is 6.34. The van der Waals surface area contributed by atoms with Crippen molar-refractivity contribution in [3.63, 3.8) is 0 Å². The van der Waals surface area contributed by atoms with Crippen molar-refractivity contribution in [2.45, 2.75) is 64.1 Å². The van der Waals surface area contributed by atoms with E-state index in [0.717, 1.165) is 25.7 Å². The van der Waals surface area contributed by atoms with Gasteiger partial charge in [0.2, 0.25) is 5.91 Å². The number of rotatable bonds is 4. The van der Waals surface area contributed by atoms with E-state index in [1.165, 1.54) is 0 Å². The Bertz CT molecular complexity index is 356. The van der Waals surface area contributed by atoms with Crippen LogP contribution in [0.4, 0.5) is 0 Å². The van der Waals surface area contributed by atoms with E-state index in [2.05, 4.69) is 0 Å². The second kappa shape index (κ2) is 5.49. The SMILES string of the molecule is CC(C)[C@H](N)C(=O)N1C2CCC1CC(CC(=O)O)C2. The van der Waals surface area contributed by atoms with Gasteiger partial charge in [-0.1, -0.05) is 13.8 Å². The average molecular weight is 268 g/mol. The molecule has 108 valence electrons. The molecule has 5 nitrogen and oxygen atoms in total. The van der Waals surface area contributed by atoms with Crippen LogP contribution < -0.4 is 5.73 Å². The van der Waals surface area contributed by atoms with Crippen LogP contribution in [0.2, 0.25) is 0 Å². The molecule has 3 atom stereocenters. The number of carboxylic acid groups (broad SMARTS) is 1. The maximum atomic E-state index is 12.4. The van der Waals surface area contributed by atoms with Crippen LogP contribution in [-0.2, 0) is 9.59 Å². The number of carboxylic acids is 1. The third-order valence-electron chi connectivity index (χ3n) is 4.55. The third-order valence-corrected chi connectivity index (χ3v) is 4.55. The molecule has 2 saturated heterocycles. The third kappa shape index (κ3) is 2.91. The smallest absolute Gasteiger partial charge is 0.303 e. The number of nitrogens with two attached hydrogens (primary N) is 1. The zero-order valence-electron chi connectivity index (χ0n) is 11.7. The fourth-order valence-corrected chi connectivity index (χ4v) is 3.52. The van der Waals surface area contributed by atoms with Gasteiger partial charge in [0.1, 0.15) is 0 Å². The van der Waals surface area contributed by atoms with Gasteiger partial charge in [0.05, 0.1) is 6.04 Å². The monoisotopic (exact) mass is 268 g/mol. The van der Waals surface area contributed by atoms with Gasteiger partial charge in [-0.05, 0) is 37.5 Å². The minimum atomic E-state index is -0.733. The Morgan fingerprint density at radius 3 is 2.21 bits per heavy atom. The fourth-order valence-electron chi connectivity index (χ4n) is 3.52. The summed E-state index contributed by atoms with van der Waals surface area (Å²) >= 11 is 0. The molecule has 2 unspecified atom stereocenters. The summed E-state index contributed by atoms with van der Waals surface area (Å²) in [5, 5.41) is 8.89. The zero-order chi connectivity index (χ0) is 14.2. The van der Waals surface area contributed by atoms with E-state index in [4.69, 9.17) is 10.8 Å². The van der Waals surface area contributed by atoms with E-state index in [1.54, 1.807) is 0 Å². The molecule has 19 heavy (non-hydrogen) atoms. The first-order valence-electron chi connectivity index (χ1n) is 7.19. The maximum Gasteiger partial charge on any atom is 0.303 e. The minimum absolute atomic E-state index is 0.0521. The number of hydrogen-bond donors (Lipinski definition) is 2. The summed E-state index contributed by atoms with van der Waals surface area (Å²) in [6, 6.07) is -0.0140. The topological polar surface area (TPSA) is 83.6 Å². The van der Waals surface area contributed by atoms with E-state index in [-0.39, 0.29) is 36.2 Å². The lowest BCUT2D eigenvalue weighted by Crippen LogP contribution is -2.54. The van der Waals surface area contributed by atoms with Crippen LogP contribution in [0.5, 0.6) is 0 Å². The van der Waals surface area contributed by atoms with Crippen LogP contribution in [-0.4, -0.2) is 40.0 Å². The van der Waals surface area contributed by atoms with E-state index in [1.807, 2.05) is 18.7 Å². The standard InChI is InChI=1S/C14H24N2O3/c1-8(2)13(15)14(19)16-10-3-4-11(16)6-9(5-10)7-12(17)18/h8-11,13H,3-7,15H2,1-2H3,(H,17,18)/t9?,10?,11?,13-/m0/s1. The number of piperidine rings is 1. The molecule has 0 aliphatic carbocycles. The molecule has 0 aromatic heterocycles. The summed E-state index contributed by atoms with van der Waals surface area (Å²) in [7, 11) is 0. The van der Waals surface area contributed by atoms with Crippen LogP contribution in [0.3, 0.4) is 0 Å². The van der Waals surface area contributed by atoms with Crippen LogP contribution in [0.1, 0.15) is 46.0 Å². The lowest BCUT2D eigenvalue weighted by atomic mass is 9.87. The molecule has 3 N–H and O–H groups in total. The molecule has 2 fully saturated rings. The highest BCUT2D eigenvalue weighted by atomic mass is 16.4. The highest BCUT2D eigenvalue weighted by molar-refractivity contribution is 5.83. The van der Waals surface area contributed by atoms with Gasteiger partial charge in [0.25, 0.3) is 0 Å². The van der Waals surface area contributed by atoms with Crippen molar-refractivity contribution in [2.75, 3.05) is 0 Å². The van der Waals surface area contributed by atoms with Crippen molar-refractivity contribution in [3.05, 3.63) is 0 Å². The molecule has 0 aromatic rings. The Morgan fingerprint density at radius 2 is 1.79 bits per heavy atom. The average Bonchev–Trinajstić information content (AvgIpc) is 2.58. The first kappa shape index (κ1) is 14.3. The van der Waals surface area contributed by atoms with Crippen molar-refractivity contribution >= 4 is 11.9 Å². The molecule has 5 heteroatoms. The minimum Gasteiger partial charge on any atom is -0.481 e. The van der Waals surface area contributed by atoms with Gasteiger partial charge in [-0.15, -0.1) is 0 Å². The Labute approximate surface area is 114 Å². The molecule has 1 amide bonds. The normalized spacial score (nSPS) is 31.6. The Balaban J connectivity index is 2.03. The molecular formula is C14H24N2O3. The Morgan fingerprint density at radius 1 is 1.26 bits per heavy atom. The molecule has 2 aliphatic rings. The summed E-state index contributed by atoms with van der Waals surface area (Å²) in [4.78, 5) is 25.2. The van der Waals surface area contributed by atoms with Gasteiger partial charge in [-0.25, -0.2) is 0 Å². The molecule has 0 radical (unpaired) electrons. The van der Waals surface area contributed by atoms with E-state index < -0.39 is 12.0 Å². The van der Waals surface area contributed by atoms with Crippen LogP contribution in [0.15, 0.2) is 0 Å². The number of hydrogen-bond acceptors (Lipinski definition) is 3. The summed E-state index contributed by atoms with van der Waals surface area (Å²) < 4.78 is 0. The summed E-state index contributed by atoms with van der Waals surface area (Å²) in [5.74, 6) is -0.322. The van der Waals surface area contributed by atoms with E-state index in [9.17, 15) is 9.59 Å². The number of nitrogens with zero attached hydrogens (tertiary/aromatic N) is 1. The summed E-state index contributed by atoms with van der Waals surface area (Å²) in [6.45, 7) is 3.92. The van der Waals surface area contributed by atoms with Crippen molar-refractivity contribution in [1.82, 2.24) is 4.90 Å². The molecule has 2 rings (SSSR count). The Kier molecular flexibility index (Phi) is 4.13.